The summed E-state index contributed by atoms with van der Waals surface area (Å²) in [4.78, 5) is 20.3. The fourth-order valence-corrected chi connectivity index (χ4v) is 5.67. The van der Waals surface area contributed by atoms with Crippen molar-refractivity contribution in [3.05, 3.63) is 32.4 Å². The van der Waals surface area contributed by atoms with Crippen LogP contribution in [-0.2, 0) is 17.1 Å². The van der Waals surface area contributed by atoms with Crippen molar-refractivity contribution in [3.63, 3.8) is 0 Å². The van der Waals surface area contributed by atoms with Crippen LogP contribution in [0.15, 0.2) is 17.5 Å². The first kappa shape index (κ1) is 19.2. The maximum absolute atomic E-state index is 12.1. The Hall–Kier alpha value is -0.600. The number of likely N-dealkylation sites (tertiary alicyclic amines) is 1. The van der Waals surface area contributed by atoms with Crippen molar-refractivity contribution in [1.29, 1.82) is 0 Å². The SMILES string of the molecule is CC1CCCN(Cc2csc(NC(=O)CSCc3ccc(Cl)s3)n2)C1. The van der Waals surface area contributed by atoms with E-state index in [4.69, 9.17) is 11.6 Å². The van der Waals surface area contributed by atoms with Crippen molar-refractivity contribution < 1.29 is 4.79 Å². The van der Waals surface area contributed by atoms with Gasteiger partial charge in [-0.25, -0.2) is 4.98 Å². The molecule has 136 valence electrons. The van der Waals surface area contributed by atoms with Crippen LogP contribution < -0.4 is 5.32 Å². The fourth-order valence-electron chi connectivity index (χ4n) is 2.93. The van der Waals surface area contributed by atoms with E-state index in [1.807, 2.05) is 12.1 Å². The van der Waals surface area contributed by atoms with Crippen LogP contribution >= 0.6 is 46.0 Å². The average molecular weight is 416 g/mol. The molecule has 1 unspecified atom stereocenters. The van der Waals surface area contributed by atoms with Crippen LogP contribution in [0.3, 0.4) is 0 Å². The third-order valence-electron chi connectivity index (χ3n) is 4.03. The fraction of sp³-hybridized carbons (Fsp3) is 0.529. The standard InChI is InChI=1S/C17H22ClN3OS3/c1-12-3-2-6-21(7-12)8-13-9-24-17(19-13)20-16(22)11-23-10-14-4-5-15(18)25-14/h4-5,9,12H,2-3,6-8,10-11H2,1H3,(H,19,20,22). The number of halogens is 1. The van der Waals surface area contributed by atoms with Gasteiger partial charge in [-0.1, -0.05) is 18.5 Å². The molecule has 1 amide bonds. The molecule has 0 spiro atoms. The first-order valence-corrected chi connectivity index (χ1v) is 11.6. The molecule has 0 aromatic carbocycles. The van der Waals surface area contributed by atoms with Gasteiger partial charge in [0, 0.05) is 29.1 Å². The van der Waals surface area contributed by atoms with Gasteiger partial charge in [-0.15, -0.1) is 34.4 Å². The first-order valence-electron chi connectivity index (χ1n) is 8.37. The molecule has 2 aromatic heterocycles. The molecule has 0 aliphatic carbocycles. The van der Waals surface area contributed by atoms with Crippen LogP contribution in [0.25, 0.3) is 0 Å². The molecule has 0 saturated carbocycles. The van der Waals surface area contributed by atoms with Gasteiger partial charge in [0.15, 0.2) is 5.13 Å². The Kier molecular flexibility index (Phi) is 7.18. The van der Waals surface area contributed by atoms with E-state index >= 15 is 0 Å². The topological polar surface area (TPSA) is 45.2 Å². The lowest BCUT2D eigenvalue weighted by Gasteiger charge is -2.30. The van der Waals surface area contributed by atoms with Crippen LogP contribution in [0.4, 0.5) is 5.13 Å². The minimum atomic E-state index is 0.000137. The van der Waals surface area contributed by atoms with Gasteiger partial charge in [-0.2, -0.15) is 0 Å². The molecule has 1 atom stereocenters. The lowest BCUT2D eigenvalue weighted by Crippen LogP contribution is -2.33. The monoisotopic (exact) mass is 415 g/mol. The highest BCUT2D eigenvalue weighted by Crippen LogP contribution is 2.25. The smallest absolute Gasteiger partial charge is 0.236 e. The van der Waals surface area contributed by atoms with Crippen molar-refractivity contribution in [2.45, 2.75) is 32.1 Å². The van der Waals surface area contributed by atoms with E-state index in [2.05, 4.69) is 27.5 Å². The highest BCUT2D eigenvalue weighted by atomic mass is 35.5. The molecule has 4 nitrogen and oxygen atoms in total. The zero-order valence-electron chi connectivity index (χ0n) is 14.2. The number of hydrogen-bond donors (Lipinski definition) is 1. The second-order valence-corrected chi connectivity index (χ2v) is 10.0. The lowest BCUT2D eigenvalue weighted by molar-refractivity contribution is -0.113. The minimum Gasteiger partial charge on any atom is -0.301 e. The quantitative estimate of drug-likeness (QED) is 0.693. The van der Waals surface area contributed by atoms with Gasteiger partial charge in [-0.05, 0) is 37.4 Å². The number of nitrogens with one attached hydrogen (secondary N) is 1. The summed E-state index contributed by atoms with van der Waals surface area (Å²) in [6.45, 7) is 5.47. The van der Waals surface area contributed by atoms with Crippen molar-refractivity contribution in [1.82, 2.24) is 9.88 Å². The van der Waals surface area contributed by atoms with Gasteiger partial charge < -0.3 is 5.32 Å². The second-order valence-electron chi connectivity index (χ2n) is 6.37. The number of nitrogens with zero attached hydrogens (tertiary/aromatic N) is 2. The summed E-state index contributed by atoms with van der Waals surface area (Å²) in [5, 5.41) is 5.66. The molecule has 0 radical (unpaired) electrons. The highest BCUT2D eigenvalue weighted by molar-refractivity contribution is 7.99. The van der Waals surface area contributed by atoms with Crippen LogP contribution in [0.5, 0.6) is 0 Å². The zero-order chi connectivity index (χ0) is 17.6. The van der Waals surface area contributed by atoms with Crippen LogP contribution in [0, 0.1) is 5.92 Å². The van der Waals surface area contributed by atoms with Gasteiger partial charge in [0.25, 0.3) is 0 Å². The molecule has 1 fully saturated rings. The van der Waals surface area contributed by atoms with E-state index in [0.29, 0.717) is 10.9 Å². The molecule has 3 heterocycles. The number of thioether (sulfide) groups is 1. The van der Waals surface area contributed by atoms with E-state index < -0.39 is 0 Å². The van der Waals surface area contributed by atoms with Crippen molar-refractivity contribution in [3.8, 4) is 0 Å². The Labute approximate surface area is 166 Å². The molecular weight excluding hydrogens is 394 g/mol. The molecule has 0 bridgehead atoms. The molecular formula is C17H22ClN3OS3. The summed E-state index contributed by atoms with van der Waals surface area (Å²) in [6.07, 6.45) is 2.59. The molecule has 2 aromatic rings. The average Bonchev–Trinajstić information content (AvgIpc) is 3.16. The number of rotatable bonds is 7. The Morgan fingerprint density at radius 3 is 3.16 bits per heavy atom. The summed E-state index contributed by atoms with van der Waals surface area (Å²) in [5.41, 5.74) is 1.05. The number of carbonyl (C=O) groups is 1. The van der Waals surface area contributed by atoms with Crippen molar-refractivity contribution >= 4 is 57.1 Å². The van der Waals surface area contributed by atoms with Gasteiger partial charge >= 0.3 is 0 Å². The molecule has 3 rings (SSSR count). The largest absolute Gasteiger partial charge is 0.301 e. The summed E-state index contributed by atoms with van der Waals surface area (Å²) < 4.78 is 0.790. The molecule has 1 aliphatic rings. The summed E-state index contributed by atoms with van der Waals surface area (Å²) in [5.74, 6) is 2.00. The number of hydrogen-bond acceptors (Lipinski definition) is 6. The summed E-state index contributed by atoms with van der Waals surface area (Å²) in [7, 11) is 0. The third kappa shape index (κ3) is 6.25. The Bertz CT molecular complexity index is 703. The second kappa shape index (κ2) is 9.37. The van der Waals surface area contributed by atoms with Gasteiger partial charge in [-0.3, -0.25) is 9.69 Å². The summed E-state index contributed by atoms with van der Waals surface area (Å²) in [6, 6.07) is 3.90. The number of piperidine rings is 1. The van der Waals surface area contributed by atoms with Crippen LogP contribution in [-0.4, -0.2) is 34.6 Å². The van der Waals surface area contributed by atoms with E-state index in [9.17, 15) is 4.79 Å². The molecule has 1 N–H and O–H groups in total. The predicted molar refractivity (Wildman–Crippen MR) is 110 cm³/mol. The Balaban J connectivity index is 1.40. The van der Waals surface area contributed by atoms with E-state index in [1.165, 1.54) is 29.1 Å². The maximum atomic E-state index is 12.1. The highest BCUT2D eigenvalue weighted by Gasteiger charge is 2.17. The Morgan fingerprint density at radius 1 is 1.52 bits per heavy atom. The summed E-state index contributed by atoms with van der Waals surface area (Å²) >= 11 is 10.6. The molecule has 1 aliphatic heterocycles. The maximum Gasteiger partial charge on any atom is 0.236 e. The number of aromatic nitrogens is 1. The van der Waals surface area contributed by atoms with E-state index in [-0.39, 0.29) is 5.91 Å². The van der Waals surface area contributed by atoms with Crippen molar-refractivity contribution in [2.75, 3.05) is 24.2 Å². The van der Waals surface area contributed by atoms with E-state index in [1.54, 1.807) is 23.1 Å². The third-order valence-corrected chi connectivity index (χ3v) is 7.23. The van der Waals surface area contributed by atoms with Crippen LogP contribution in [0.1, 0.15) is 30.3 Å². The molecule has 25 heavy (non-hydrogen) atoms. The molecule has 1 saturated heterocycles. The number of amides is 1. The first-order chi connectivity index (χ1) is 12.1. The van der Waals surface area contributed by atoms with Gasteiger partial charge in [0.05, 0.1) is 15.8 Å². The normalized spacial score (nSPS) is 18.4. The number of carbonyl (C=O) groups excluding carboxylic acids is 1. The lowest BCUT2D eigenvalue weighted by atomic mass is 10.0. The zero-order valence-corrected chi connectivity index (χ0v) is 17.4. The molecule has 8 heteroatoms. The minimum absolute atomic E-state index is 0.000137. The van der Waals surface area contributed by atoms with Crippen LogP contribution in [0.2, 0.25) is 4.34 Å². The number of thiazole rings is 1. The number of anilines is 1. The van der Waals surface area contributed by atoms with Gasteiger partial charge in [0.2, 0.25) is 5.91 Å². The van der Waals surface area contributed by atoms with E-state index in [0.717, 1.165) is 41.3 Å². The number of thiophene rings is 1. The van der Waals surface area contributed by atoms with Gasteiger partial charge in [0.1, 0.15) is 0 Å². The predicted octanol–water partition coefficient (Wildman–Crippen LogP) is 4.96. The Morgan fingerprint density at radius 2 is 2.40 bits per heavy atom. The van der Waals surface area contributed by atoms with Crippen molar-refractivity contribution in [2.24, 2.45) is 5.92 Å².